The molecule has 39 heavy (non-hydrogen) atoms. The number of hydrogen-bond acceptors (Lipinski definition) is 5. The van der Waals surface area contributed by atoms with Crippen LogP contribution in [0.15, 0.2) is 84.9 Å². The van der Waals surface area contributed by atoms with Gasteiger partial charge < -0.3 is 0 Å². The van der Waals surface area contributed by atoms with Gasteiger partial charge in [-0.15, -0.1) is 56.7 Å². The Morgan fingerprint density at radius 2 is 0.667 bits per heavy atom. The van der Waals surface area contributed by atoms with Gasteiger partial charge >= 0.3 is 0 Å². The van der Waals surface area contributed by atoms with Crippen molar-refractivity contribution in [3.63, 3.8) is 0 Å². The monoisotopic (exact) mass is 588 g/mol. The standard InChI is InChI=1S/C34H20S5/c1-17-11-21-25-15-33(38-31(25)9-7-27(21)35-17)19-3-5-29-23(13-19)24-14-20(4-6-30(24)37-29)34-16-26-22-12-18(2)36-28(22)8-10-32(26)39-34/h3-16H,1-2H3. The summed E-state index contributed by atoms with van der Waals surface area (Å²) in [6.45, 7) is 4.41. The highest BCUT2D eigenvalue weighted by atomic mass is 32.1. The second kappa shape index (κ2) is 8.23. The molecule has 0 radical (unpaired) electrons. The van der Waals surface area contributed by atoms with E-state index in [-0.39, 0.29) is 0 Å². The van der Waals surface area contributed by atoms with Crippen LogP contribution >= 0.6 is 56.7 Å². The van der Waals surface area contributed by atoms with Crippen molar-refractivity contribution in [2.75, 3.05) is 0 Å². The summed E-state index contributed by atoms with van der Waals surface area (Å²) < 4.78 is 8.21. The molecule has 4 aromatic carbocycles. The summed E-state index contributed by atoms with van der Waals surface area (Å²) in [5.74, 6) is 0. The Bertz CT molecular complexity index is 2250. The number of aryl methyl sites for hydroxylation is 2. The molecule has 0 atom stereocenters. The van der Waals surface area contributed by atoms with Gasteiger partial charge in [0.25, 0.3) is 0 Å². The van der Waals surface area contributed by atoms with Crippen molar-refractivity contribution < 1.29 is 0 Å². The van der Waals surface area contributed by atoms with E-state index in [4.69, 9.17) is 0 Å². The smallest absolute Gasteiger partial charge is 0.0356 e. The van der Waals surface area contributed by atoms with Crippen LogP contribution in [0.3, 0.4) is 0 Å². The zero-order valence-electron chi connectivity index (χ0n) is 21.1. The lowest BCUT2D eigenvalue weighted by molar-refractivity contribution is 1.66. The van der Waals surface area contributed by atoms with Crippen molar-refractivity contribution in [3.05, 3.63) is 94.7 Å². The van der Waals surface area contributed by atoms with E-state index < -0.39 is 0 Å². The Kier molecular flexibility index (Phi) is 4.79. The van der Waals surface area contributed by atoms with Gasteiger partial charge in [0.05, 0.1) is 0 Å². The number of fused-ring (bicyclic) bond motifs is 9. The van der Waals surface area contributed by atoms with E-state index in [9.17, 15) is 0 Å². The van der Waals surface area contributed by atoms with E-state index in [1.165, 1.54) is 91.2 Å². The maximum Gasteiger partial charge on any atom is 0.0356 e. The fourth-order valence-electron chi connectivity index (χ4n) is 5.88. The minimum atomic E-state index is 1.31. The molecule has 0 bridgehead atoms. The Labute approximate surface area is 245 Å². The summed E-state index contributed by atoms with van der Waals surface area (Å²) in [7, 11) is 0. The second-order valence-electron chi connectivity index (χ2n) is 10.2. The zero-order valence-corrected chi connectivity index (χ0v) is 25.2. The molecule has 0 spiro atoms. The van der Waals surface area contributed by atoms with E-state index in [0.717, 1.165) is 0 Å². The Balaban J connectivity index is 1.20. The molecule has 186 valence electrons. The van der Waals surface area contributed by atoms with Gasteiger partial charge in [-0.25, -0.2) is 0 Å². The van der Waals surface area contributed by atoms with Gasteiger partial charge in [-0.2, -0.15) is 0 Å². The van der Waals surface area contributed by atoms with E-state index in [2.05, 4.69) is 98.8 Å². The van der Waals surface area contributed by atoms with E-state index in [0.29, 0.717) is 0 Å². The van der Waals surface area contributed by atoms with Crippen LogP contribution in [0.25, 0.3) is 81.4 Å². The lowest BCUT2D eigenvalue weighted by atomic mass is 10.0. The third-order valence-corrected chi connectivity index (χ3v) is 13.2. The predicted molar refractivity (Wildman–Crippen MR) is 181 cm³/mol. The molecule has 0 N–H and O–H groups in total. The first-order chi connectivity index (χ1) is 19.1. The first-order valence-electron chi connectivity index (χ1n) is 12.9. The fourth-order valence-corrected chi connectivity index (χ4v) is 11.0. The fraction of sp³-hybridized carbons (Fsp3) is 0.0588. The van der Waals surface area contributed by atoms with Crippen molar-refractivity contribution in [2.24, 2.45) is 0 Å². The summed E-state index contributed by atoms with van der Waals surface area (Å²) in [5, 5.41) is 8.27. The minimum Gasteiger partial charge on any atom is -0.141 e. The number of hydrogen-bond donors (Lipinski definition) is 0. The van der Waals surface area contributed by atoms with Gasteiger partial charge in [0.15, 0.2) is 0 Å². The van der Waals surface area contributed by atoms with Crippen LogP contribution in [0.5, 0.6) is 0 Å². The molecule has 0 saturated heterocycles. The van der Waals surface area contributed by atoms with Gasteiger partial charge in [0.2, 0.25) is 0 Å². The molecule has 9 rings (SSSR count). The highest BCUT2D eigenvalue weighted by Gasteiger charge is 2.14. The van der Waals surface area contributed by atoms with Crippen molar-refractivity contribution in [1.29, 1.82) is 0 Å². The molecule has 0 fully saturated rings. The lowest BCUT2D eigenvalue weighted by Gasteiger charge is -2.00. The molecule has 9 aromatic rings. The van der Waals surface area contributed by atoms with Gasteiger partial charge in [0.1, 0.15) is 0 Å². The molecule has 5 heterocycles. The summed E-state index contributed by atoms with van der Waals surface area (Å²) >= 11 is 9.48. The normalized spacial score (nSPS) is 12.4. The van der Waals surface area contributed by atoms with Crippen LogP contribution in [-0.4, -0.2) is 0 Å². The SMILES string of the molecule is Cc1cc2c(ccc3sc(-c4ccc5sc6ccc(-c7cc8c(ccc9sc(C)cc98)s7)cc6c5c4)cc32)s1. The molecule has 0 aliphatic carbocycles. The number of thiophene rings is 5. The van der Waals surface area contributed by atoms with Crippen molar-refractivity contribution in [2.45, 2.75) is 13.8 Å². The Morgan fingerprint density at radius 3 is 1.13 bits per heavy atom. The van der Waals surface area contributed by atoms with Crippen molar-refractivity contribution >= 4 is 117 Å². The third kappa shape index (κ3) is 3.44. The average molecular weight is 589 g/mol. The van der Waals surface area contributed by atoms with E-state index in [1.54, 1.807) is 0 Å². The minimum absolute atomic E-state index is 1.31. The maximum absolute atomic E-state index is 2.42. The molecular weight excluding hydrogens is 569 g/mol. The summed E-state index contributed by atoms with van der Waals surface area (Å²) in [5.41, 5.74) is 2.62. The van der Waals surface area contributed by atoms with Crippen molar-refractivity contribution in [3.8, 4) is 20.9 Å². The van der Waals surface area contributed by atoms with Gasteiger partial charge in [-0.05, 0) is 97.8 Å². The maximum atomic E-state index is 2.42. The Hall–Kier alpha value is -3.06. The molecule has 5 heteroatoms. The molecule has 0 amide bonds. The second-order valence-corrected chi connectivity index (χ2v) is 16.1. The first-order valence-corrected chi connectivity index (χ1v) is 17.0. The van der Waals surface area contributed by atoms with Gasteiger partial charge in [0, 0.05) is 80.0 Å². The van der Waals surface area contributed by atoms with Crippen LogP contribution < -0.4 is 0 Å². The first kappa shape index (κ1) is 22.7. The van der Waals surface area contributed by atoms with Crippen LogP contribution in [0, 0.1) is 13.8 Å². The molecular formula is C34H20S5. The van der Waals surface area contributed by atoms with Gasteiger partial charge in [-0.3, -0.25) is 0 Å². The number of rotatable bonds is 2. The highest BCUT2D eigenvalue weighted by Crippen LogP contribution is 2.44. The highest BCUT2D eigenvalue weighted by molar-refractivity contribution is 7.26. The van der Waals surface area contributed by atoms with E-state index >= 15 is 0 Å². The van der Waals surface area contributed by atoms with Crippen LogP contribution in [0.2, 0.25) is 0 Å². The Morgan fingerprint density at radius 1 is 0.333 bits per heavy atom. The largest absolute Gasteiger partial charge is 0.141 e. The lowest BCUT2D eigenvalue weighted by Crippen LogP contribution is -1.74. The summed E-state index contributed by atoms with van der Waals surface area (Å²) in [6.07, 6.45) is 0. The average Bonchev–Trinajstić information content (AvgIpc) is 3.74. The molecule has 0 aliphatic heterocycles. The molecule has 5 aromatic heterocycles. The van der Waals surface area contributed by atoms with Crippen molar-refractivity contribution in [1.82, 2.24) is 0 Å². The van der Waals surface area contributed by atoms with Crippen LogP contribution in [-0.2, 0) is 0 Å². The zero-order chi connectivity index (χ0) is 25.8. The summed E-state index contributed by atoms with van der Waals surface area (Å²) in [6, 6.07) is 32.7. The molecule has 0 saturated carbocycles. The quantitative estimate of drug-likeness (QED) is 0.188. The third-order valence-electron chi connectivity index (χ3n) is 7.68. The van der Waals surface area contributed by atoms with Crippen LogP contribution in [0.1, 0.15) is 9.75 Å². The van der Waals surface area contributed by atoms with Crippen LogP contribution in [0.4, 0.5) is 0 Å². The summed E-state index contributed by atoms with van der Waals surface area (Å²) in [4.78, 5) is 5.44. The molecule has 0 aliphatic rings. The topological polar surface area (TPSA) is 0 Å². The molecule has 0 unspecified atom stereocenters. The van der Waals surface area contributed by atoms with Gasteiger partial charge in [-0.1, -0.05) is 12.1 Å². The molecule has 0 nitrogen and oxygen atoms in total. The van der Waals surface area contributed by atoms with E-state index in [1.807, 2.05) is 56.7 Å². The number of benzene rings is 4. The predicted octanol–water partition coefficient (Wildman–Crippen LogP) is 12.9.